The van der Waals surface area contributed by atoms with Crippen LogP contribution in [0.25, 0.3) is 0 Å². The summed E-state index contributed by atoms with van der Waals surface area (Å²) in [6.07, 6.45) is 4.19. The van der Waals surface area contributed by atoms with Crippen molar-refractivity contribution in [2.75, 3.05) is 30.8 Å². The number of thiol groups is 1. The van der Waals surface area contributed by atoms with Crippen molar-refractivity contribution >= 4 is 30.1 Å². The van der Waals surface area contributed by atoms with Crippen molar-refractivity contribution in [1.29, 1.82) is 0 Å². The first kappa shape index (κ1) is 18.4. The minimum Gasteiger partial charge on any atom is -0.486 e. The molecule has 1 aliphatic rings. The van der Waals surface area contributed by atoms with E-state index in [0.29, 0.717) is 37.7 Å². The van der Waals surface area contributed by atoms with Crippen LogP contribution in [0.5, 0.6) is 11.5 Å². The predicted molar refractivity (Wildman–Crippen MR) is 96.0 cm³/mol. The van der Waals surface area contributed by atoms with Crippen LogP contribution in [0, 0.1) is 0 Å². The molecule has 0 unspecified atom stereocenters. The molecule has 1 aliphatic heterocycles. The quantitative estimate of drug-likeness (QED) is 0.471. The monoisotopic (exact) mass is 352 g/mol. The summed E-state index contributed by atoms with van der Waals surface area (Å²) >= 11 is 3.89. The second kappa shape index (κ2) is 10.1. The van der Waals surface area contributed by atoms with E-state index in [0.717, 1.165) is 31.4 Å². The highest BCUT2D eigenvalue weighted by Crippen LogP contribution is 2.32. The maximum atomic E-state index is 11.9. The van der Waals surface area contributed by atoms with Crippen LogP contribution >= 0.6 is 12.6 Å². The van der Waals surface area contributed by atoms with Gasteiger partial charge >= 0.3 is 0 Å². The van der Waals surface area contributed by atoms with E-state index in [1.54, 1.807) is 6.07 Å². The van der Waals surface area contributed by atoms with Gasteiger partial charge in [0.05, 0.1) is 5.75 Å². The molecular formula is C17H24N2O4S. The molecule has 0 aliphatic carbocycles. The molecule has 1 aromatic rings. The zero-order valence-corrected chi connectivity index (χ0v) is 14.6. The number of fused-ring (bicyclic) bond motifs is 1. The summed E-state index contributed by atoms with van der Waals surface area (Å²) in [5.74, 6) is 1.55. The molecule has 1 aromatic carbocycles. The van der Waals surface area contributed by atoms with E-state index < -0.39 is 0 Å². The molecule has 2 rings (SSSR count). The Labute approximate surface area is 147 Å². The average molecular weight is 352 g/mol. The number of carbonyl (C=O) groups excluding carboxylic acids is 2. The summed E-state index contributed by atoms with van der Waals surface area (Å²) in [4.78, 5) is 22.9. The Morgan fingerprint density at radius 1 is 1.00 bits per heavy atom. The number of ether oxygens (including phenoxy) is 2. The van der Waals surface area contributed by atoms with E-state index >= 15 is 0 Å². The third kappa shape index (κ3) is 6.31. The minimum atomic E-state index is -0.0443. The Kier molecular flexibility index (Phi) is 7.74. The van der Waals surface area contributed by atoms with Crippen molar-refractivity contribution in [2.24, 2.45) is 0 Å². The number of nitrogens with one attached hydrogen (secondary N) is 2. The van der Waals surface area contributed by atoms with Gasteiger partial charge in [0.15, 0.2) is 11.5 Å². The van der Waals surface area contributed by atoms with E-state index in [-0.39, 0.29) is 17.6 Å². The molecule has 2 N–H and O–H groups in total. The lowest BCUT2D eigenvalue weighted by atomic mass is 10.1. The number of carbonyl (C=O) groups is 2. The van der Waals surface area contributed by atoms with Crippen LogP contribution in [-0.2, 0) is 9.59 Å². The minimum absolute atomic E-state index is 0.00458. The van der Waals surface area contributed by atoms with Crippen molar-refractivity contribution in [3.63, 3.8) is 0 Å². The number of hydrogen-bond donors (Lipinski definition) is 3. The number of unbranched alkanes of at least 4 members (excludes halogenated alkanes) is 3. The lowest BCUT2D eigenvalue weighted by Crippen LogP contribution is -2.25. The molecule has 0 saturated carbocycles. The largest absolute Gasteiger partial charge is 0.486 e. The second-order valence-corrected chi connectivity index (χ2v) is 5.90. The summed E-state index contributed by atoms with van der Waals surface area (Å²) in [6.45, 7) is 1.75. The Balaban J connectivity index is 1.59. The zero-order valence-electron chi connectivity index (χ0n) is 13.7. The van der Waals surface area contributed by atoms with E-state index in [4.69, 9.17) is 9.47 Å². The maximum absolute atomic E-state index is 11.9. The van der Waals surface area contributed by atoms with Crippen molar-refractivity contribution in [3.8, 4) is 11.5 Å². The second-order valence-electron chi connectivity index (χ2n) is 5.58. The van der Waals surface area contributed by atoms with Gasteiger partial charge < -0.3 is 20.1 Å². The van der Waals surface area contributed by atoms with Gasteiger partial charge in [0, 0.05) is 24.7 Å². The van der Waals surface area contributed by atoms with Crippen molar-refractivity contribution < 1.29 is 19.1 Å². The Morgan fingerprint density at radius 3 is 2.54 bits per heavy atom. The van der Waals surface area contributed by atoms with Crippen LogP contribution in [0.1, 0.15) is 32.1 Å². The fraction of sp³-hybridized carbons (Fsp3) is 0.529. The number of benzene rings is 1. The molecule has 7 heteroatoms. The lowest BCUT2D eigenvalue weighted by Gasteiger charge is -2.19. The van der Waals surface area contributed by atoms with Gasteiger partial charge in [0.25, 0.3) is 0 Å². The van der Waals surface area contributed by atoms with E-state index in [9.17, 15) is 9.59 Å². The fourth-order valence-corrected chi connectivity index (χ4v) is 2.50. The molecule has 2 amide bonds. The van der Waals surface area contributed by atoms with E-state index in [1.165, 1.54) is 0 Å². The normalized spacial score (nSPS) is 12.5. The Hall–Kier alpha value is -1.89. The van der Waals surface area contributed by atoms with Gasteiger partial charge in [-0.05, 0) is 25.0 Å². The van der Waals surface area contributed by atoms with Crippen LogP contribution < -0.4 is 20.1 Å². The first-order valence-electron chi connectivity index (χ1n) is 8.26. The SMILES string of the molecule is O=C(CS)NCCCCCCC(=O)Nc1ccc2c(c1)OCCO2. The number of hydrogen-bond acceptors (Lipinski definition) is 5. The summed E-state index contributed by atoms with van der Waals surface area (Å²) < 4.78 is 10.9. The highest BCUT2D eigenvalue weighted by atomic mass is 32.1. The average Bonchev–Trinajstić information content (AvgIpc) is 2.60. The highest BCUT2D eigenvalue weighted by molar-refractivity contribution is 7.81. The third-order valence-electron chi connectivity index (χ3n) is 3.62. The topological polar surface area (TPSA) is 76.7 Å². The molecule has 0 spiro atoms. The fourth-order valence-electron chi connectivity index (χ4n) is 2.39. The van der Waals surface area contributed by atoms with Crippen LogP contribution in [0.2, 0.25) is 0 Å². The maximum Gasteiger partial charge on any atom is 0.229 e. The van der Waals surface area contributed by atoms with Crippen molar-refractivity contribution in [3.05, 3.63) is 18.2 Å². The molecule has 132 valence electrons. The number of anilines is 1. The van der Waals surface area contributed by atoms with Gasteiger partial charge in [-0.3, -0.25) is 9.59 Å². The van der Waals surface area contributed by atoms with Gasteiger partial charge in [-0.15, -0.1) is 0 Å². The number of amides is 2. The summed E-state index contributed by atoms with van der Waals surface area (Å²) in [5, 5.41) is 5.65. The molecule has 24 heavy (non-hydrogen) atoms. The van der Waals surface area contributed by atoms with Gasteiger partial charge in [-0.2, -0.15) is 12.6 Å². The van der Waals surface area contributed by atoms with Gasteiger partial charge in [0.2, 0.25) is 11.8 Å². The zero-order chi connectivity index (χ0) is 17.2. The van der Waals surface area contributed by atoms with Crippen LogP contribution in [0.3, 0.4) is 0 Å². The molecule has 1 heterocycles. The standard InChI is InChI=1S/C17H24N2O4S/c20-16(5-3-1-2-4-8-18-17(21)12-24)19-13-6-7-14-15(11-13)23-10-9-22-14/h6-7,11,24H,1-5,8-10,12H2,(H,18,21)(H,19,20). The molecule has 0 radical (unpaired) electrons. The van der Waals surface area contributed by atoms with E-state index in [1.807, 2.05) is 12.1 Å². The van der Waals surface area contributed by atoms with Gasteiger partial charge in [0.1, 0.15) is 13.2 Å². The molecule has 0 fully saturated rings. The predicted octanol–water partition coefficient (Wildman–Crippen LogP) is 2.39. The summed E-state index contributed by atoms with van der Waals surface area (Å²) in [7, 11) is 0. The van der Waals surface area contributed by atoms with Crippen LogP contribution in [-0.4, -0.2) is 37.3 Å². The first-order chi connectivity index (χ1) is 11.7. The lowest BCUT2D eigenvalue weighted by molar-refractivity contribution is -0.118. The van der Waals surface area contributed by atoms with Crippen molar-refractivity contribution in [2.45, 2.75) is 32.1 Å². The molecule has 6 nitrogen and oxygen atoms in total. The summed E-state index contributed by atoms with van der Waals surface area (Å²) in [6, 6.07) is 5.41. The van der Waals surface area contributed by atoms with Crippen LogP contribution in [0.15, 0.2) is 18.2 Å². The van der Waals surface area contributed by atoms with E-state index in [2.05, 4.69) is 23.3 Å². The third-order valence-corrected chi connectivity index (χ3v) is 3.91. The van der Waals surface area contributed by atoms with Gasteiger partial charge in [-0.25, -0.2) is 0 Å². The summed E-state index contributed by atoms with van der Waals surface area (Å²) in [5.41, 5.74) is 0.721. The number of rotatable bonds is 9. The Morgan fingerprint density at radius 2 is 1.75 bits per heavy atom. The molecule has 0 saturated heterocycles. The Bertz CT molecular complexity index is 566. The highest BCUT2D eigenvalue weighted by Gasteiger charge is 2.12. The molecule has 0 aromatic heterocycles. The first-order valence-corrected chi connectivity index (χ1v) is 8.89. The smallest absolute Gasteiger partial charge is 0.229 e. The molecule has 0 atom stereocenters. The van der Waals surface area contributed by atoms with Crippen molar-refractivity contribution in [1.82, 2.24) is 5.32 Å². The van der Waals surface area contributed by atoms with Gasteiger partial charge in [-0.1, -0.05) is 12.8 Å². The van der Waals surface area contributed by atoms with Crippen LogP contribution in [0.4, 0.5) is 5.69 Å². The molecular weight excluding hydrogens is 328 g/mol. The molecule has 0 bridgehead atoms.